The van der Waals surface area contributed by atoms with E-state index in [1.165, 1.54) is 5.56 Å². The Kier molecular flexibility index (Phi) is 4.66. The van der Waals surface area contributed by atoms with Crippen LogP contribution >= 0.6 is 0 Å². The average molecular weight is 329 g/mol. The van der Waals surface area contributed by atoms with Gasteiger partial charge in [0.25, 0.3) is 0 Å². The molecule has 1 N–H and O–H groups in total. The minimum atomic E-state index is -0.845. The van der Waals surface area contributed by atoms with Gasteiger partial charge < -0.3 is 10.0 Å². The lowest BCUT2D eigenvalue weighted by Gasteiger charge is -2.37. The second-order valence-corrected chi connectivity index (χ2v) is 8.04. The molecule has 0 saturated carbocycles. The fourth-order valence-corrected chi connectivity index (χ4v) is 4.09. The number of aryl methyl sites for hydroxylation is 1. The summed E-state index contributed by atoms with van der Waals surface area (Å²) in [6, 6.07) is 8.06. The fourth-order valence-electron chi connectivity index (χ4n) is 4.09. The third kappa shape index (κ3) is 3.47. The maximum Gasteiger partial charge on any atom is 0.307 e. The molecule has 3 rings (SSSR count). The van der Waals surface area contributed by atoms with Crippen LogP contribution in [0.25, 0.3) is 0 Å². The first-order chi connectivity index (χ1) is 11.4. The highest BCUT2D eigenvalue weighted by molar-refractivity contribution is 5.83. The molecule has 0 aromatic heterocycles. The molecular formula is C20H27NO3. The minimum Gasteiger partial charge on any atom is -0.481 e. The van der Waals surface area contributed by atoms with Crippen LogP contribution in [0, 0.1) is 11.3 Å². The highest BCUT2D eigenvalue weighted by Gasteiger charge is 2.37. The number of carbonyl (C=O) groups excluding carboxylic acids is 1. The number of carboxylic acid groups (broad SMARTS) is 1. The molecule has 0 radical (unpaired) electrons. The van der Waals surface area contributed by atoms with Crippen molar-refractivity contribution in [1.82, 2.24) is 4.90 Å². The van der Waals surface area contributed by atoms with Gasteiger partial charge in [0.2, 0.25) is 5.91 Å². The molecule has 24 heavy (non-hydrogen) atoms. The van der Waals surface area contributed by atoms with E-state index >= 15 is 0 Å². The summed E-state index contributed by atoms with van der Waals surface area (Å²) in [6.45, 7) is 5.95. The van der Waals surface area contributed by atoms with Crippen molar-refractivity contribution in [3.8, 4) is 0 Å². The molecule has 2 aliphatic rings. The number of nitrogens with zero attached hydrogens (tertiary/aromatic N) is 1. The van der Waals surface area contributed by atoms with E-state index in [-0.39, 0.29) is 23.7 Å². The van der Waals surface area contributed by atoms with Gasteiger partial charge >= 0.3 is 5.97 Å². The van der Waals surface area contributed by atoms with Gasteiger partial charge in [-0.1, -0.05) is 38.1 Å². The minimum absolute atomic E-state index is 0.00211. The number of aliphatic carboxylic acids is 1. The fraction of sp³-hybridized carbons (Fsp3) is 0.600. The van der Waals surface area contributed by atoms with Crippen LogP contribution in [0.5, 0.6) is 0 Å². The maximum absolute atomic E-state index is 12.7. The van der Waals surface area contributed by atoms with Crippen LogP contribution in [0.4, 0.5) is 0 Å². The lowest BCUT2D eigenvalue weighted by atomic mass is 9.81. The van der Waals surface area contributed by atoms with Gasteiger partial charge in [0.15, 0.2) is 0 Å². The molecule has 1 aromatic rings. The lowest BCUT2D eigenvalue weighted by molar-refractivity contribution is -0.147. The molecule has 1 saturated heterocycles. The smallest absolute Gasteiger partial charge is 0.307 e. The summed E-state index contributed by atoms with van der Waals surface area (Å²) in [5.74, 6) is -1.50. The number of amides is 1. The number of hydrogen-bond donors (Lipinski definition) is 1. The molecule has 130 valence electrons. The highest BCUT2D eigenvalue weighted by Crippen LogP contribution is 2.40. The Morgan fingerprint density at radius 3 is 2.58 bits per heavy atom. The first-order valence-corrected chi connectivity index (χ1v) is 8.96. The summed E-state index contributed by atoms with van der Waals surface area (Å²) in [6.07, 6.45) is 3.84. The number of rotatable bonds is 4. The number of carboxylic acids is 1. The van der Waals surface area contributed by atoms with Crippen molar-refractivity contribution < 1.29 is 14.7 Å². The van der Waals surface area contributed by atoms with E-state index in [1.54, 1.807) is 0 Å². The van der Waals surface area contributed by atoms with Crippen molar-refractivity contribution in [2.24, 2.45) is 11.3 Å². The number of carbonyl (C=O) groups is 2. The van der Waals surface area contributed by atoms with E-state index in [0.717, 1.165) is 44.3 Å². The molecule has 1 aromatic carbocycles. The predicted octanol–water partition coefficient (Wildman–Crippen LogP) is 3.46. The van der Waals surface area contributed by atoms with E-state index in [0.29, 0.717) is 0 Å². The second kappa shape index (κ2) is 6.58. The van der Waals surface area contributed by atoms with Crippen LogP contribution in [0.1, 0.15) is 56.6 Å². The summed E-state index contributed by atoms with van der Waals surface area (Å²) in [5.41, 5.74) is 2.64. The third-order valence-corrected chi connectivity index (χ3v) is 5.85. The first kappa shape index (κ1) is 17.0. The molecule has 1 amide bonds. The Morgan fingerprint density at radius 1 is 1.25 bits per heavy atom. The lowest BCUT2D eigenvalue weighted by Crippen LogP contribution is -2.42. The molecule has 1 aliphatic carbocycles. The molecule has 0 bridgehead atoms. The van der Waals surface area contributed by atoms with E-state index in [1.807, 2.05) is 23.1 Å². The van der Waals surface area contributed by atoms with E-state index < -0.39 is 11.9 Å². The number of piperidine rings is 1. The Balaban J connectivity index is 1.69. The zero-order chi connectivity index (χ0) is 17.3. The Hall–Kier alpha value is -1.84. The highest BCUT2D eigenvalue weighted by atomic mass is 16.4. The van der Waals surface area contributed by atoms with Gasteiger partial charge in [0.1, 0.15) is 0 Å². The van der Waals surface area contributed by atoms with Crippen LogP contribution in [0.15, 0.2) is 24.3 Å². The molecule has 1 fully saturated rings. The summed E-state index contributed by atoms with van der Waals surface area (Å²) in [4.78, 5) is 26.4. The zero-order valence-corrected chi connectivity index (χ0v) is 14.6. The van der Waals surface area contributed by atoms with Crippen molar-refractivity contribution in [1.29, 1.82) is 0 Å². The Bertz CT molecular complexity index is 628. The first-order valence-electron chi connectivity index (χ1n) is 8.96. The number of hydrogen-bond acceptors (Lipinski definition) is 2. The molecule has 2 atom stereocenters. The second-order valence-electron chi connectivity index (χ2n) is 8.04. The quantitative estimate of drug-likeness (QED) is 0.920. The van der Waals surface area contributed by atoms with Crippen LogP contribution in [0.2, 0.25) is 0 Å². The number of fused-ring (bicyclic) bond motifs is 1. The van der Waals surface area contributed by atoms with Crippen molar-refractivity contribution in [2.75, 3.05) is 13.1 Å². The Morgan fingerprint density at radius 2 is 1.92 bits per heavy atom. The third-order valence-electron chi connectivity index (χ3n) is 5.85. The molecule has 1 heterocycles. The zero-order valence-electron chi connectivity index (χ0n) is 14.6. The monoisotopic (exact) mass is 329 g/mol. The maximum atomic E-state index is 12.7. The van der Waals surface area contributed by atoms with Crippen LogP contribution in [0.3, 0.4) is 0 Å². The van der Waals surface area contributed by atoms with E-state index in [4.69, 9.17) is 0 Å². The van der Waals surface area contributed by atoms with Crippen LogP contribution in [-0.4, -0.2) is 35.0 Å². The van der Waals surface area contributed by atoms with Gasteiger partial charge in [-0.25, -0.2) is 0 Å². The van der Waals surface area contributed by atoms with Crippen molar-refractivity contribution in [3.63, 3.8) is 0 Å². The van der Waals surface area contributed by atoms with Gasteiger partial charge in [-0.15, -0.1) is 0 Å². The van der Waals surface area contributed by atoms with Gasteiger partial charge in [0, 0.05) is 19.5 Å². The molecule has 4 heteroatoms. The average Bonchev–Trinajstić information content (AvgIpc) is 2.96. The van der Waals surface area contributed by atoms with E-state index in [2.05, 4.69) is 19.9 Å². The van der Waals surface area contributed by atoms with Crippen LogP contribution in [-0.2, 0) is 16.0 Å². The summed E-state index contributed by atoms with van der Waals surface area (Å²) in [5, 5.41) is 9.72. The summed E-state index contributed by atoms with van der Waals surface area (Å²) in [7, 11) is 0. The largest absolute Gasteiger partial charge is 0.481 e. The molecule has 1 unspecified atom stereocenters. The van der Waals surface area contributed by atoms with E-state index in [9.17, 15) is 14.7 Å². The molecule has 4 nitrogen and oxygen atoms in total. The predicted molar refractivity (Wildman–Crippen MR) is 92.8 cm³/mol. The van der Waals surface area contributed by atoms with Crippen molar-refractivity contribution in [2.45, 2.75) is 51.9 Å². The van der Waals surface area contributed by atoms with Gasteiger partial charge in [-0.2, -0.15) is 0 Å². The van der Waals surface area contributed by atoms with Gasteiger partial charge in [0.05, 0.1) is 5.92 Å². The Labute approximate surface area is 143 Å². The van der Waals surface area contributed by atoms with Crippen molar-refractivity contribution >= 4 is 11.9 Å². The molecule has 0 spiro atoms. The normalized spacial score (nSPS) is 23.6. The summed E-state index contributed by atoms with van der Waals surface area (Å²) < 4.78 is 0. The topological polar surface area (TPSA) is 57.6 Å². The van der Waals surface area contributed by atoms with Gasteiger partial charge in [-0.3, -0.25) is 9.59 Å². The molecule has 1 aliphatic heterocycles. The molecular weight excluding hydrogens is 302 g/mol. The van der Waals surface area contributed by atoms with Gasteiger partial charge in [-0.05, 0) is 48.1 Å². The number of benzene rings is 1. The van der Waals surface area contributed by atoms with Crippen LogP contribution < -0.4 is 0 Å². The summed E-state index contributed by atoms with van der Waals surface area (Å²) >= 11 is 0. The number of likely N-dealkylation sites (tertiary alicyclic amines) is 1. The standard InChI is InChI=1S/C20H27NO3/c1-20(2)9-11-21(12-10-20)18(22)13-17(19(23)24)16-8-7-14-5-3-4-6-15(14)16/h3-6,16-17H,7-13H2,1-2H3,(H,23,24)/t16-,17?/m0/s1. The SMILES string of the molecule is CC1(C)CCN(C(=O)CC(C(=O)O)[C@H]2CCc3ccccc32)CC1. The van der Waals surface area contributed by atoms with Crippen molar-refractivity contribution in [3.05, 3.63) is 35.4 Å².